The number of alkyl halides is 3. The molecule has 0 bridgehead atoms. The van der Waals surface area contributed by atoms with Gasteiger partial charge in [0.15, 0.2) is 20.7 Å². The molecule has 3 amide bonds. The van der Waals surface area contributed by atoms with E-state index in [-0.39, 0.29) is 10.0 Å². The second kappa shape index (κ2) is 8.60. The Morgan fingerprint density at radius 2 is 1.73 bits per heavy atom. The Kier molecular flexibility index (Phi) is 6.36. The Morgan fingerprint density at radius 1 is 1.06 bits per heavy atom. The van der Waals surface area contributed by atoms with Crippen LogP contribution in [0.5, 0.6) is 5.75 Å². The molecule has 0 radical (unpaired) electrons. The lowest BCUT2D eigenvalue weighted by Crippen LogP contribution is -2.35. The van der Waals surface area contributed by atoms with Crippen LogP contribution in [-0.4, -0.2) is 45.5 Å². The van der Waals surface area contributed by atoms with Crippen LogP contribution in [-0.2, 0) is 20.0 Å². The van der Waals surface area contributed by atoms with Crippen molar-refractivity contribution in [1.82, 2.24) is 10.3 Å². The second-order valence-corrected chi connectivity index (χ2v) is 10.9. The quantitative estimate of drug-likeness (QED) is 0.383. The number of amides is 3. The molecule has 2 aromatic carbocycles. The van der Waals surface area contributed by atoms with Crippen molar-refractivity contribution >= 4 is 58.6 Å². The molecule has 0 aliphatic rings. The average Bonchev–Trinajstić information content (AvgIpc) is 3.07. The second-order valence-electron chi connectivity index (χ2n) is 6.31. The number of hydrogen-bond acceptors (Lipinski definition) is 9. The van der Waals surface area contributed by atoms with E-state index >= 15 is 0 Å². The number of anilines is 1. The summed E-state index contributed by atoms with van der Waals surface area (Å²) >= 11 is 0.905. The van der Waals surface area contributed by atoms with Crippen molar-refractivity contribution < 1.29 is 43.8 Å². The van der Waals surface area contributed by atoms with Crippen molar-refractivity contribution in [3.8, 4) is 5.75 Å². The van der Waals surface area contributed by atoms with Crippen molar-refractivity contribution in [2.75, 3.05) is 11.6 Å². The maximum atomic E-state index is 12.6. The fourth-order valence-electron chi connectivity index (χ4n) is 2.38. The van der Waals surface area contributed by atoms with Crippen LogP contribution in [0.25, 0.3) is 10.2 Å². The van der Waals surface area contributed by atoms with Gasteiger partial charge in [0.1, 0.15) is 0 Å². The number of rotatable bonds is 5. The first-order chi connectivity index (χ1) is 15.2. The maximum absolute atomic E-state index is 12.6. The van der Waals surface area contributed by atoms with Crippen molar-refractivity contribution in [1.29, 1.82) is 0 Å². The Labute approximate surface area is 188 Å². The minimum absolute atomic E-state index is 0.00913. The van der Waals surface area contributed by atoms with Gasteiger partial charge in [-0.15, -0.1) is 0 Å². The Balaban J connectivity index is 1.76. The highest BCUT2D eigenvalue weighted by atomic mass is 32.2. The van der Waals surface area contributed by atoms with Crippen LogP contribution in [0.3, 0.4) is 0 Å². The molecule has 10 nitrogen and oxygen atoms in total. The molecule has 0 saturated carbocycles. The van der Waals surface area contributed by atoms with Gasteiger partial charge in [-0.05, 0) is 30.3 Å². The third kappa shape index (κ3) is 5.58. The first-order valence-corrected chi connectivity index (χ1v) is 12.6. The summed E-state index contributed by atoms with van der Waals surface area (Å²) in [4.78, 5) is 28.6. The van der Waals surface area contributed by atoms with Crippen molar-refractivity contribution in [2.45, 2.75) is 10.4 Å². The number of thiazole rings is 1. The highest BCUT2D eigenvalue weighted by Gasteiger charge is 2.49. The highest BCUT2D eigenvalue weighted by Crippen LogP contribution is 2.30. The van der Waals surface area contributed by atoms with Crippen molar-refractivity contribution in [3.63, 3.8) is 0 Å². The SMILES string of the molecule is CS(=O)(=O)c1ccc2nc(NC(=O)NC(=O)c3ccccc3OS(=O)(=O)C(F)(F)F)sc2c1. The van der Waals surface area contributed by atoms with Gasteiger partial charge in [-0.2, -0.15) is 21.6 Å². The summed E-state index contributed by atoms with van der Waals surface area (Å²) < 4.78 is 87.9. The van der Waals surface area contributed by atoms with E-state index in [9.17, 15) is 39.6 Å². The number of imide groups is 1. The normalized spacial score (nSPS) is 12.4. The summed E-state index contributed by atoms with van der Waals surface area (Å²) in [5.74, 6) is -2.19. The van der Waals surface area contributed by atoms with Gasteiger partial charge in [-0.3, -0.25) is 15.4 Å². The Morgan fingerprint density at radius 3 is 2.36 bits per heavy atom. The van der Waals surface area contributed by atoms with Gasteiger partial charge < -0.3 is 4.18 Å². The van der Waals surface area contributed by atoms with E-state index in [1.165, 1.54) is 24.3 Å². The van der Waals surface area contributed by atoms with E-state index in [0.717, 1.165) is 35.8 Å². The van der Waals surface area contributed by atoms with E-state index in [1.807, 2.05) is 5.32 Å². The fourth-order valence-corrected chi connectivity index (χ4v) is 4.48. The minimum Gasteiger partial charge on any atom is -0.375 e. The molecule has 0 atom stereocenters. The zero-order valence-corrected chi connectivity index (χ0v) is 18.7. The van der Waals surface area contributed by atoms with E-state index in [2.05, 4.69) is 14.5 Å². The lowest BCUT2D eigenvalue weighted by Gasteiger charge is -2.12. The van der Waals surface area contributed by atoms with Gasteiger partial charge in [0.25, 0.3) is 5.91 Å². The third-order valence-electron chi connectivity index (χ3n) is 3.85. The smallest absolute Gasteiger partial charge is 0.375 e. The molecule has 3 aromatic rings. The number of nitrogens with zero attached hydrogens (tertiary/aromatic N) is 1. The molecule has 0 aliphatic heterocycles. The summed E-state index contributed by atoms with van der Waals surface area (Å²) in [6.45, 7) is 0. The topological polar surface area (TPSA) is 149 Å². The minimum atomic E-state index is -6.04. The van der Waals surface area contributed by atoms with Crippen LogP contribution < -0.4 is 14.8 Å². The van der Waals surface area contributed by atoms with Crippen LogP contribution >= 0.6 is 11.3 Å². The van der Waals surface area contributed by atoms with Gasteiger partial charge in [-0.25, -0.2) is 18.2 Å². The van der Waals surface area contributed by atoms with E-state index in [4.69, 9.17) is 0 Å². The monoisotopic (exact) mass is 523 g/mol. The third-order valence-corrected chi connectivity index (χ3v) is 6.86. The lowest BCUT2D eigenvalue weighted by atomic mass is 10.2. The molecule has 0 fully saturated rings. The van der Waals surface area contributed by atoms with Crippen LogP contribution in [0.15, 0.2) is 47.4 Å². The zero-order valence-electron chi connectivity index (χ0n) is 16.2. The number of nitrogens with one attached hydrogen (secondary N) is 2. The number of para-hydroxylation sites is 1. The average molecular weight is 523 g/mol. The van der Waals surface area contributed by atoms with Crippen molar-refractivity contribution in [3.05, 3.63) is 48.0 Å². The zero-order chi connectivity index (χ0) is 24.6. The Bertz CT molecular complexity index is 1470. The first-order valence-electron chi connectivity index (χ1n) is 8.50. The van der Waals surface area contributed by atoms with Crippen LogP contribution in [0, 0.1) is 0 Å². The largest absolute Gasteiger partial charge is 0.534 e. The molecule has 176 valence electrons. The number of carbonyl (C=O) groups excluding carboxylic acids is 2. The summed E-state index contributed by atoms with van der Waals surface area (Å²) in [6, 6.07) is 7.08. The standard InChI is InChI=1S/C17H12F3N3O7S3/c1-32(26,27)9-6-7-11-13(8-9)31-16(21-11)23-15(25)22-14(24)10-4-2-3-5-12(10)30-33(28,29)17(18,19)20/h2-8H,1H3,(H2,21,22,23,24,25). The van der Waals surface area contributed by atoms with E-state index < -0.39 is 48.7 Å². The van der Waals surface area contributed by atoms with Gasteiger partial charge in [0, 0.05) is 6.26 Å². The molecule has 33 heavy (non-hydrogen) atoms. The fraction of sp³-hybridized carbons (Fsp3) is 0.118. The van der Waals surface area contributed by atoms with Gasteiger partial charge in [-0.1, -0.05) is 23.5 Å². The Hall–Kier alpha value is -3.24. The number of urea groups is 1. The van der Waals surface area contributed by atoms with Gasteiger partial charge in [0.2, 0.25) is 0 Å². The summed E-state index contributed by atoms with van der Waals surface area (Å²) in [5.41, 5.74) is -6.01. The number of fused-ring (bicyclic) bond motifs is 1. The van der Waals surface area contributed by atoms with Gasteiger partial charge >= 0.3 is 21.7 Å². The molecule has 0 unspecified atom stereocenters. The molecular weight excluding hydrogens is 511 g/mol. The highest BCUT2D eigenvalue weighted by molar-refractivity contribution is 7.90. The van der Waals surface area contributed by atoms with E-state index in [1.54, 1.807) is 0 Å². The molecule has 3 rings (SSSR count). The maximum Gasteiger partial charge on any atom is 0.534 e. The molecular formula is C17H12F3N3O7S3. The molecule has 16 heteroatoms. The van der Waals surface area contributed by atoms with Crippen LogP contribution in [0.1, 0.15) is 10.4 Å². The predicted molar refractivity (Wildman–Crippen MR) is 111 cm³/mol. The molecule has 1 aromatic heterocycles. The van der Waals surface area contributed by atoms with E-state index in [0.29, 0.717) is 10.2 Å². The molecule has 0 spiro atoms. The number of carbonyl (C=O) groups is 2. The van der Waals surface area contributed by atoms with Crippen LogP contribution in [0.2, 0.25) is 0 Å². The summed E-state index contributed by atoms with van der Waals surface area (Å²) in [5, 5.41) is 4.04. The molecule has 1 heterocycles. The molecule has 0 saturated heterocycles. The van der Waals surface area contributed by atoms with Gasteiger partial charge in [0.05, 0.1) is 20.7 Å². The molecule has 0 aliphatic carbocycles. The number of aromatic nitrogens is 1. The van der Waals surface area contributed by atoms with Crippen molar-refractivity contribution in [2.24, 2.45) is 0 Å². The number of sulfone groups is 1. The molecule has 2 N–H and O–H groups in total. The summed E-state index contributed by atoms with van der Waals surface area (Å²) in [6.07, 6.45) is 1.02. The number of benzene rings is 2. The number of halogens is 3. The number of hydrogen-bond donors (Lipinski definition) is 2. The van der Waals surface area contributed by atoms with Crippen LogP contribution in [0.4, 0.5) is 23.1 Å². The summed E-state index contributed by atoms with van der Waals surface area (Å²) in [7, 11) is -9.52. The lowest BCUT2D eigenvalue weighted by molar-refractivity contribution is -0.0500. The first kappa shape index (κ1) is 24.4. The predicted octanol–water partition coefficient (Wildman–Crippen LogP) is 2.89.